The van der Waals surface area contributed by atoms with E-state index in [4.69, 9.17) is 4.74 Å². The zero-order chi connectivity index (χ0) is 19.2. The number of fused-ring (bicyclic) bond motifs is 1. The largest absolute Gasteiger partial charge is 0.497 e. The number of nitrogens with zero attached hydrogens (tertiary/aromatic N) is 1. The van der Waals surface area contributed by atoms with Gasteiger partial charge in [0, 0.05) is 12.1 Å². The van der Waals surface area contributed by atoms with Crippen molar-refractivity contribution in [2.75, 3.05) is 13.7 Å². The van der Waals surface area contributed by atoms with E-state index < -0.39 is 23.3 Å². The molecule has 27 heavy (non-hydrogen) atoms. The number of ether oxygens (including phenoxy) is 1. The summed E-state index contributed by atoms with van der Waals surface area (Å²) in [4.78, 5) is 38.8. The SMILES string of the molecule is COc1ccc2c(c1)C(=O)N(C[C@@]1(c3ccc(F)cc3)NC(=O)NC1=O)C2. The van der Waals surface area contributed by atoms with E-state index in [0.29, 0.717) is 23.4 Å². The summed E-state index contributed by atoms with van der Waals surface area (Å²) in [5.41, 5.74) is 0.216. The molecule has 8 heteroatoms. The Labute approximate surface area is 154 Å². The number of carbonyl (C=O) groups is 3. The van der Waals surface area contributed by atoms with Crippen molar-refractivity contribution in [1.82, 2.24) is 15.5 Å². The van der Waals surface area contributed by atoms with Gasteiger partial charge in [0.05, 0.1) is 13.7 Å². The van der Waals surface area contributed by atoms with Crippen LogP contribution in [0.5, 0.6) is 5.75 Å². The molecule has 0 radical (unpaired) electrons. The van der Waals surface area contributed by atoms with Gasteiger partial charge in [0.25, 0.3) is 11.8 Å². The molecule has 0 unspecified atom stereocenters. The topological polar surface area (TPSA) is 87.7 Å². The van der Waals surface area contributed by atoms with E-state index >= 15 is 0 Å². The number of hydrogen-bond donors (Lipinski definition) is 2. The van der Waals surface area contributed by atoms with Crippen molar-refractivity contribution in [2.45, 2.75) is 12.1 Å². The van der Waals surface area contributed by atoms with Crippen molar-refractivity contribution in [3.8, 4) is 5.75 Å². The molecular formula is C19H16FN3O4. The molecule has 1 saturated heterocycles. The molecule has 2 N–H and O–H groups in total. The quantitative estimate of drug-likeness (QED) is 0.800. The molecule has 2 heterocycles. The third-order valence-electron chi connectivity index (χ3n) is 4.90. The van der Waals surface area contributed by atoms with Crippen LogP contribution >= 0.6 is 0 Å². The first-order valence-electron chi connectivity index (χ1n) is 8.29. The Bertz CT molecular complexity index is 960. The van der Waals surface area contributed by atoms with Crippen molar-refractivity contribution < 1.29 is 23.5 Å². The molecule has 2 aliphatic rings. The van der Waals surface area contributed by atoms with Crippen LogP contribution in [0.3, 0.4) is 0 Å². The summed E-state index contributed by atoms with van der Waals surface area (Å²) in [5.74, 6) is -0.751. The standard InChI is InChI=1S/C19H16FN3O4/c1-27-14-7-2-11-9-23(16(24)15(11)8-14)10-19(17(25)21-18(26)22-19)12-3-5-13(20)6-4-12/h2-8H,9-10H2,1H3,(H2,21,22,25,26)/t19-/m0/s1. The van der Waals surface area contributed by atoms with Crippen LogP contribution in [0.4, 0.5) is 9.18 Å². The minimum absolute atomic E-state index is 0.0773. The number of rotatable bonds is 4. The van der Waals surface area contributed by atoms with Crippen LogP contribution in [0.2, 0.25) is 0 Å². The summed E-state index contributed by atoms with van der Waals surface area (Å²) in [6.45, 7) is 0.219. The Morgan fingerprint density at radius 3 is 2.52 bits per heavy atom. The minimum atomic E-state index is -1.48. The summed E-state index contributed by atoms with van der Waals surface area (Å²) in [6.07, 6.45) is 0. The van der Waals surface area contributed by atoms with Gasteiger partial charge in [-0.05, 0) is 35.4 Å². The lowest BCUT2D eigenvalue weighted by molar-refractivity contribution is -0.124. The summed E-state index contributed by atoms with van der Waals surface area (Å²) in [7, 11) is 1.51. The first kappa shape index (κ1) is 17.0. The highest BCUT2D eigenvalue weighted by Crippen LogP contribution is 2.32. The zero-order valence-electron chi connectivity index (χ0n) is 14.4. The van der Waals surface area contributed by atoms with Crippen molar-refractivity contribution in [3.63, 3.8) is 0 Å². The molecular weight excluding hydrogens is 353 g/mol. The lowest BCUT2D eigenvalue weighted by Gasteiger charge is -2.31. The lowest BCUT2D eigenvalue weighted by Crippen LogP contribution is -2.52. The van der Waals surface area contributed by atoms with Crippen LogP contribution in [0.25, 0.3) is 0 Å². The third-order valence-corrected chi connectivity index (χ3v) is 4.90. The van der Waals surface area contributed by atoms with Crippen molar-refractivity contribution >= 4 is 17.8 Å². The van der Waals surface area contributed by atoms with Gasteiger partial charge < -0.3 is 15.0 Å². The number of methoxy groups -OCH3 is 1. The average molecular weight is 369 g/mol. The van der Waals surface area contributed by atoms with E-state index in [1.165, 1.54) is 36.3 Å². The van der Waals surface area contributed by atoms with E-state index in [2.05, 4.69) is 10.6 Å². The summed E-state index contributed by atoms with van der Waals surface area (Å²) < 4.78 is 18.5. The molecule has 4 rings (SSSR count). The maximum absolute atomic E-state index is 13.3. The Kier molecular flexibility index (Phi) is 3.83. The molecule has 0 aromatic heterocycles. The van der Waals surface area contributed by atoms with E-state index in [1.807, 2.05) is 0 Å². The number of amides is 4. The fourth-order valence-electron chi connectivity index (χ4n) is 3.51. The maximum Gasteiger partial charge on any atom is 0.322 e. The number of urea groups is 1. The molecule has 1 atom stereocenters. The highest BCUT2D eigenvalue weighted by molar-refractivity contribution is 6.08. The first-order chi connectivity index (χ1) is 12.9. The van der Waals surface area contributed by atoms with Crippen molar-refractivity contribution in [2.24, 2.45) is 0 Å². The number of halogens is 1. The van der Waals surface area contributed by atoms with Gasteiger partial charge in [-0.25, -0.2) is 9.18 Å². The van der Waals surface area contributed by atoms with E-state index in [0.717, 1.165) is 5.56 Å². The van der Waals surface area contributed by atoms with E-state index in [9.17, 15) is 18.8 Å². The second-order valence-corrected chi connectivity index (χ2v) is 6.50. The molecule has 4 amide bonds. The van der Waals surface area contributed by atoms with Crippen LogP contribution in [-0.2, 0) is 16.9 Å². The van der Waals surface area contributed by atoms with Gasteiger partial charge in [-0.15, -0.1) is 0 Å². The fraction of sp³-hybridized carbons (Fsp3) is 0.211. The highest BCUT2D eigenvalue weighted by atomic mass is 19.1. The van der Waals surface area contributed by atoms with Crippen LogP contribution in [-0.4, -0.2) is 36.4 Å². The predicted octanol–water partition coefficient (Wildman–Crippen LogP) is 1.52. The van der Waals surface area contributed by atoms with Crippen LogP contribution < -0.4 is 15.4 Å². The predicted molar refractivity (Wildman–Crippen MR) is 92.5 cm³/mol. The molecule has 2 aliphatic heterocycles. The van der Waals surface area contributed by atoms with Gasteiger partial charge in [0.1, 0.15) is 11.6 Å². The summed E-state index contributed by atoms with van der Waals surface area (Å²) >= 11 is 0. The van der Waals surface area contributed by atoms with Gasteiger partial charge in [-0.2, -0.15) is 0 Å². The molecule has 2 aromatic carbocycles. The number of benzene rings is 2. The number of imide groups is 1. The molecule has 2 aromatic rings. The number of carbonyl (C=O) groups excluding carboxylic acids is 3. The smallest absolute Gasteiger partial charge is 0.322 e. The molecule has 0 spiro atoms. The van der Waals surface area contributed by atoms with Crippen LogP contribution in [0, 0.1) is 5.82 Å². The summed E-state index contributed by atoms with van der Waals surface area (Å²) in [5, 5.41) is 4.82. The van der Waals surface area contributed by atoms with Gasteiger partial charge in [0.15, 0.2) is 5.54 Å². The fourth-order valence-corrected chi connectivity index (χ4v) is 3.51. The molecule has 1 fully saturated rings. The Morgan fingerprint density at radius 1 is 1.15 bits per heavy atom. The monoisotopic (exact) mass is 369 g/mol. The van der Waals surface area contributed by atoms with E-state index in [-0.39, 0.29) is 12.5 Å². The zero-order valence-corrected chi connectivity index (χ0v) is 14.4. The highest BCUT2D eigenvalue weighted by Gasteiger charge is 2.50. The van der Waals surface area contributed by atoms with Gasteiger partial charge in [-0.1, -0.05) is 18.2 Å². The van der Waals surface area contributed by atoms with Gasteiger partial charge in [0.2, 0.25) is 0 Å². The van der Waals surface area contributed by atoms with Crippen LogP contribution in [0.1, 0.15) is 21.5 Å². The van der Waals surface area contributed by atoms with Crippen molar-refractivity contribution in [3.05, 3.63) is 65.0 Å². The molecule has 0 saturated carbocycles. The lowest BCUT2D eigenvalue weighted by atomic mass is 9.89. The average Bonchev–Trinajstić information content (AvgIpc) is 3.12. The Balaban J connectivity index is 1.69. The van der Waals surface area contributed by atoms with E-state index in [1.54, 1.807) is 18.2 Å². The second-order valence-electron chi connectivity index (χ2n) is 6.50. The normalized spacial score (nSPS) is 21.1. The number of hydrogen-bond acceptors (Lipinski definition) is 4. The number of nitrogens with one attached hydrogen (secondary N) is 2. The van der Waals surface area contributed by atoms with Gasteiger partial charge >= 0.3 is 6.03 Å². The Morgan fingerprint density at radius 2 is 1.89 bits per heavy atom. The van der Waals surface area contributed by atoms with Crippen molar-refractivity contribution in [1.29, 1.82) is 0 Å². The molecule has 138 valence electrons. The Hall–Kier alpha value is -3.42. The minimum Gasteiger partial charge on any atom is -0.497 e. The summed E-state index contributed by atoms with van der Waals surface area (Å²) in [6, 6.07) is 9.82. The maximum atomic E-state index is 13.3. The second kappa shape index (κ2) is 6.08. The molecule has 7 nitrogen and oxygen atoms in total. The molecule has 0 bridgehead atoms. The molecule has 0 aliphatic carbocycles. The van der Waals surface area contributed by atoms with Crippen LogP contribution in [0.15, 0.2) is 42.5 Å². The third kappa shape index (κ3) is 2.69. The van der Waals surface area contributed by atoms with Gasteiger partial charge in [-0.3, -0.25) is 14.9 Å². The first-order valence-corrected chi connectivity index (χ1v) is 8.29.